The van der Waals surface area contributed by atoms with Gasteiger partial charge in [0.15, 0.2) is 0 Å². The topological polar surface area (TPSA) is 3.24 Å². The van der Waals surface area contributed by atoms with Crippen molar-refractivity contribution in [2.45, 2.75) is 27.2 Å². The Labute approximate surface area is 64.7 Å². The Balaban J connectivity index is 3.49. The Morgan fingerprint density at radius 2 is 2.10 bits per heavy atom. The van der Waals surface area contributed by atoms with Gasteiger partial charge in [-0.05, 0) is 18.5 Å². The van der Waals surface area contributed by atoms with Gasteiger partial charge in [-0.3, -0.25) is 0 Å². The van der Waals surface area contributed by atoms with Crippen LogP contribution in [0.3, 0.4) is 0 Å². The van der Waals surface area contributed by atoms with Crippen molar-refractivity contribution >= 4 is 0 Å². The van der Waals surface area contributed by atoms with E-state index in [1.165, 1.54) is 6.42 Å². The second kappa shape index (κ2) is 5.33. The van der Waals surface area contributed by atoms with Gasteiger partial charge in [-0.1, -0.05) is 27.4 Å². The maximum absolute atomic E-state index is 3.76. The fraction of sp³-hybridized carbons (Fsp3) is 0.778. The Kier molecular flexibility index (Phi) is 5.09. The summed E-state index contributed by atoms with van der Waals surface area (Å²) >= 11 is 0. The lowest BCUT2D eigenvalue weighted by Gasteiger charge is -2.20. The fourth-order valence-corrected chi connectivity index (χ4v) is 1.01. The minimum Gasteiger partial charge on any atom is -0.378 e. The number of rotatable bonds is 5. The molecule has 1 nitrogen and oxygen atoms in total. The summed E-state index contributed by atoms with van der Waals surface area (Å²) in [7, 11) is 0. The molecule has 0 spiro atoms. The molecule has 0 amide bonds. The highest BCUT2D eigenvalue weighted by atomic mass is 15.1. The third-order valence-corrected chi connectivity index (χ3v) is 1.37. The average Bonchev–Trinajstić information content (AvgIpc) is 1.86. The van der Waals surface area contributed by atoms with Gasteiger partial charge in [-0.15, -0.1) is 0 Å². The molecule has 0 aliphatic heterocycles. The van der Waals surface area contributed by atoms with Crippen LogP contribution >= 0.6 is 0 Å². The maximum Gasteiger partial charge on any atom is 0.0195 e. The third kappa shape index (κ3) is 4.42. The van der Waals surface area contributed by atoms with Gasteiger partial charge in [0, 0.05) is 13.1 Å². The average molecular weight is 141 g/mol. The maximum atomic E-state index is 3.76. The summed E-state index contributed by atoms with van der Waals surface area (Å²) in [6.45, 7) is 12.7. The predicted molar refractivity (Wildman–Crippen MR) is 46.9 cm³/mol. The standard InChI is InChI=1S/C9H19N/c1-5-7-10(6-2)8-9(3)4/h6,9H,2,5,7-8H2,1,3-4H3. The minimum absolute atomic E-state index is 0.740. The normalized spacial score (nSPS) is 10.0. The predicted octanol–water partition coefficient (Wildman–Crippen LogP) is 2.50. The zero-order valence-corrected chi connectivity index (χ0v) is 7.43. The molecule has 0 aromatic rings. The number of nitrogens with zero attached hydrogens (tertiary/aromatic N) is 1. The van der Waals surface area contributed by atoms with Crippen LogP contribution in [0.1, 0.15) is 27.2 Å². The van der Waals surface area contributed by atoms with Crippen LogP contribution in [0.2, 0.25) is 0 Å². The summed E-state index contributed by atoms with van der Waals surface area (Å²) in [4.78, 5) is 2.27. The Morgan fingerprint density at radius 3 is 2.40 bits per heavy atom. The summed E-state index contributed by atoms with van der Waals surface area (Å²) < 4.78 is 0. The van der Waals surface area contributed by atoms with Gasteiger partial charge in [0.1, 0.15) is 0 Å². The van der Waals surface area contributed by atoms with E-state index in [9.17, 15) is 0 Å². The van der Waals surface area contributed by atoms with Crippen LogP contribution in [-0.2, 0) is 0 Å². The number of hydrogen-bond donors (Lipinski definition) is 0. The van der Waals surface area contributed by atoms with Gasteiger partial charge < -0.3 is 4.90 Å². The van der Waals surface area contributed by atoms with E-state index in [1.54, 1.807) is 0 Å². The van der Waals surface area contributed by atoms with E-state index < -0.39 is 0 Å². The summed E-state index contributed by atoms with van der Waals surface area (Å²) in [5, 5.41) is 0. The molecule has 0 N–H and O–H groups in total. The third-order valence-electron chi connectivity index (χ3n) is 1.37. The fourth-order valence-electron chi connectivity index (χ4n) is 1.01. The molecule has 0 saturated heterocycles. The first kappa shape index (κ1) is 9.54. The quantitative estimate of drug-likeness (QED) is 0.568. The van der Waals surface area contributed by atoms with Gasteiger partial charge in [0.05, 0.1) is 0 Å². The monoisotopic (exact) mass is 141 g/mol. The van der Waals surface area contributed by atoms with Gasteiger partial charge in [-0.25, -0.2) is 0 Å². The highest BCUT2D eigenvalue weighted by molar-refractivity contribution is 4.70. The van der Waals surface area contributed by atoms with Crippen molar-refractivity contribution in [1.82, 2.24) is 4.90 Å². The molecule has 0 bridgehead atoms. The highest BCUT2D eigenvalue weighted by Crippen LogP contribution is 1.99. The van der Waals surface area contributed by atoms with Crippen LogP contribution in [0.4, 0.5) is 0 Å². The molecule has 0 aliphatic carbocycles. The summed E-state index contributed by atoms with van der Waals surface area (Å²) in [5.41, 5.74) is 0. The van der Waals surface area contributed by atoms with Gasteiger partial charge in [0.2, 0.25) is 0 Å². The molecule has 0 aromatic carbocycles. The van der Waals surface area contributed by atoms with Crippen LogP contribution < -0.4 is 0 Å². The molecule has 0 aromatic heterocycles. The van der Waals surface area contributed by atoms with Crippen molar-refractivity contribution in [3.05, 3.63) is 12.8 Å². The molecule has 0 unspecified atom stereocenters. The molecular formula is C9H19N. The lowest BCUT2D eigenvalue weighted by molar-refractivity contribution is 0.331. The van der Waals surface area contributed by atoms with Crippen LogP contribution in [0, 0.1) is 5.92 Å². The molecule has 10 heavy (non-hydrogen) atoms. The molecule has 0 heterocycles. The Morgan fingerprint density at radius 1 is 1.50 bits per heavy atom. The molecule has 0 radical (unpaired) electrons. The second-order valence-corrected chi connectivity index (χ2v) is 3.07. The largest absolute Gasteiger partial charge is 0.378 e. The molecule has 60 valence electrons. The Hall–Kier alpha value is -0.460. The molecule has 0 fully saturated rings. The van der Waals surface area contributed by atoms with E-state index >= 15 is 0 Å². The first-order valence-corrected chi connectivity index (χ1v) is 4.07. The summed E-state index contributed by atoms with van der Waals surface area (Å²) in [6.07, 6.45) is 3.14. The van der Waals surface area contributed by atoms with E-state index in [1.807, 2.05) is 6.20 Å². The second-order valence-electron chi connectivity index (χ2n) is 3.07. The lowest BCUT2D eigenvalue weighted by Crippen LogP contribution is -2.22. The molecule has 1 heteroatoms. The number of hydrogen-bond acceptors (Lipinski definition) is 1. The minimum atomic E-state index is 0.740. The van der Waals surface area contributed by atoms with Crippen molar-refractivity contribution in [2.75, 3.05) is 13.1 Å². The van der Waals surface area contributed by atoms with Gasteiger partial charge in [-0.2, -0.15) is 0 Å². The SMILES string of the molecule is C=CN(CCC)CC(C)C. The highest BCUT2D eigenvalue weighted by Gasteiger charge is 1.98. The Bertz CT molecular complexity index is 86.7. The van der Waals surface area contributed by atoms with Crippen molar-refractivity contribution in [3.8, 4) is 0 Å². The van der Waals surface area contributed by atoms with E-state index in [-0.39, 0.29) is 0 Å². The van der Waals surface area contributed by atoms with Crippen LogP contribution in [0.25, 0.3) is 0 Å². The first-order valence-electron chi connectivity index (χ1n) is 4.07. The first-order chi connectivity index (χ1) is 4.70. The van der Waals surface area contributed by atoms with Crippen LogP contribution in [0.5, 0.6) is 0 Å². The van der Waals surface area contributed by atoms with Crippen LogP contribution in [-0.4, -0.2) is 18.0 Å². The molecule has 0 saturated carbocycles. The molecule has 0 rings (SSSR count). The van der Waals surface area contributed by atoms with E-state index in [4.69, 9.17) is 0 Å². The van der Waals surface area contributed by atoms with Gasteiger partial charge >= 0.3 is 0 Å². The van der Waals surface area contributed by atoms with Crippen molar-refractivity contribution in [3.63, 3.8) is 0 Å². The van der Waals surface area contributed by atoms with Crippen molar-refractivity contribution < 1.29 is 0 Å². The smallest absolute Gasteiger partial charge is 0.0195 e. The van der Waals surface area contributed by atoms with Crippen LogP contribution in [0.15, 0.2) is 12.8 Å². The van der Waals surface area contributed by atoms with Gasteiger partial charge in [0.25, 0.3) is 0 Å². The van der Waals surface area contributed by atoms with E-state index in [2.05, 4.69) is 32.3 Å². The zero-order chi connectivity index (χ0) is 7.98. The molecular weight excluding hydrogens is 122 g/mol. The van der Waals surface area contributed by atoms with E-state index in [0.29, 0.717) is 0 Å². The lowest BCUT2D eigenvalue weighted by atomic mass is 10.2. The zero-order valence-electron chi connectivity index (χ0n) is 7.43. The summed E-state index contributed by atoms with van der Waals surface area (Å²) in [6, 6.07) is 0. The van der Waals surface area contributed by atoms with Crippen molar-refractivity contribution in [2.24, 2.45) is 5.92 Å². The molecule has 0 aliphatic rings. The van der Waals surface area contributed by atoms with E-state index in [0.717, 1.165) is 19.0 Å². The van der Waals surface area contributed by atoms with Crippen molar-refractivity contribution in [1.29, 1.82) is 0 Å². The molecule has 0 atom stereocenters. The summed E-state index contributed by atoms with van der Waals surface area (Å²) in [5.74, 6) is 0.740.